The molecule has 2 fully saturated rings. The number of quaternary nitrogens is 1. The Morgan fingerprint density at radius 1 is 1.42 bits per heavy atom. The van der Waals surface area contributed by atoms with Crippen molar-refractivity contribution < 1.29 is 15.3 Å². The molecule has 1 spiro atoms. The fourth-order valence-electron chi connectivity index (χ4n) is 2.82. The maximum atomic E-state index is 11.1. The molecule has 3 N–H and O–H groups in total. The van der Waals surface area contributed by atoms with Crippen LogP contribution in [0.25, 0.3) is 0 Å². The van der Waals surface area contributed by atoms with Crippen molar-refractivity contribution in [1.29, 1.82) is 0 Å². The molecule has 0 aromatic heterocycles. The van der Waals surface area contributed by atoms with Gasteiger partial charge in [0.1, 0.15) is 0 Å². The van der Waals surface area contributed by atoms with E-state index < -0.39 is 0 Å². The molecule has 0 aromatic rings. The molecule has 0 aliphatic heterocycles. The molecular weight excluding hydrogens is 154 g/mol. The summed E-state index contributed by atoms with van der Waals surface area (Å²) in [4.78, 5) is 11.1. The standard InChI is InChI=1S/C9H15NO2/c1-12-8(11)6-2-9(3-6)4-7(10)5-9/h6-7H,2-5,10H2,1H3/p+1. The first-order valence-corrected chi connectivity index (χ1v) is 4.56. The lowest BCUT2D eigenvalue weighted by Gasteiger charge is -2.54. The summed E-state index contributed by atoms with van der Waals surface area (Å²) in [7, 11) is 1.47. The third kappa shape index (κ3) is 1.04. The van der Waals surface area contributed by atoms with Gasteiger partial charge in [-0.1, -0.05) is 0 Å². The van der Waals surface area contributed by atoms with Gasteiger partial charge in [0.2, 0.25) is 0 Å². The van der Waals surface area contributed by atoms with Gasteiger partial charge in [-0.3, -0.25) is 4.79 Å². The lowest BCUT2D eigenvalue weighted by atomic mass is 9.50. The van der Waals surface area contributed by atoms with Crippen LogP contribution in [0.4, 0.5) is 0 Å². The predicted molar refractivity (Wildman–Crippen MR) is 43.1 cm³/mol. The smallest absolute Gasteiger partial charge is 0.308 e. The van der Waals surface area contributed by atoms with Crippen molar-refractivity contribution in [2.45, 2.75) is 31.7 Å². The fourth-order valence-corrected chi connectivity index (χ4v) is 2.82. The van der Waals surface area contributed by atoms with Gasteiger partial charge in [0.25, 0.3) is 0 Å². The van der Waals surface area contributed by atoms with E-state index in [1.165, 1.54) is 20.0 Å². The summed E-state index contributed by atoms with van der Waals surface area (Å²) in [6.45, 7) is 0. The summed E-state index contributed by atoms with van der Waals surface area (Å²) in [5, 5.41) is 0. The SMILES string of the molecule is COC(=O)C1CC2(CC([NH3+])C2)C1. The lowest BCUT2D eigenvalue weighted by molar-refractivity contribution is -0.460. The zero-order chi connectivity index (χ0) is 8.77. The summed E-state index contributed by atoms with van der Waals surface area (Å²) in [5.41, 5.74) is 4.50. The van der Waals surface area contributed by atoms with Crippen molar-refractivity contribution in [3.05, 3.63) is 0 Å². The molecule has 0 atom stereocenters. The Labute approximate surface area is 72.3 Å². The molecule has 0 aromatic carbocycles. The number of rotatable bonds is 1. The van der Waals surface area contributed by atoms with Gasteiger partial charge in [-0.15, -0.1) is 0 Å². The predicted octanol–water partition coefficient (Wildman–Crippen LogP) is -0.0399. The lowest BCUT2D eigenvalue weighted by Crippen LogP contribution is -2.71. The van der Waals surface area contributed by atoms with Crippen LogP contribution in [0.2, 0.25) is 0 Å². The van der Waals surface area contributed by atoms with Gasteiger partial charge in [0.05, 0.1) is 19.1 Å². The number of carbonyl (C=O) groups is 1. The highest BCUT2D eigenvalue weighted by atomic mass is 16.5. The Morgan fingerprint density at radius 3 is 2.42 bits per heavy atom. The van der Waals surface area contributed by atoms with Crippen molar-refractivity contribution >= 4 is 5.97 Å². The Hall–Kier alpha value is -0.570. The average molecular weight is 170 g/mol. The largest absolute Gasteiger partial charge is 0.469 e. The van der Waals surface area contributed by atoms with Crippen molar-refractivity contribution in [2.75, 3.05) is 7.11 Å². The van der Waals surface area contributed by atoms with Crippen LogP contribution < -0.4 is 5.73 Å². The number of carbonyl (C=O) groups excluding carboxylic acids is 1. The maximum absolute atomic E-state index is 11.1. The van der Waals surface area contributed by atoms with Gasteiger partial charge in [-0.25, -0.2) is 0 Å². The van der Waals surface area contributed by atoms with E-state index in [1.54, 1.807) is 0 Å². The molecule has 12 heavy (non-hydrogen) atoms. The first kappa shape index (κ1) is 8.05. The van der Waals surface area contributed by atoms with Crippen LogP contribution in [0.5, 0.6) is 0 Å². The molecule has 2 saturated carbocycles. The van der Waals surface area contributed by atoms with Gasteiger partial charge in [0.15, 0.2) is 0 Å². The third-order valence-electron chi connectivity index (χ3n) is 3.34. The quantitative estimate of drug-likeness (QED) is 0.561. The Kier molecular flexibility index (Phi) is 1.65. The van der Waals surface area contributed by atoms with E-state index in [0.29, 0.717) is 11.5 Å². The number of esters is 1. The van der Waals surface area contributed by atoms with Crippen molar-refractivity contribution in [1.82, 2.24) is 0 Å². The van der Waals surface area contributed by atoms with Gasteiger partial charge < -0.3 is 10.5 Å². The van der Waals surface area contributed by atoms with E-state index in [0.717, 1.165) is 12.8 Å². The molecule has 3 nitrogen and oxygen atoms in total. The van der Waals surface area contributed by atoms with E-state index >= 15 is 0 Å². The van der Waals surface area contributed by atoms with Crippen LogP contribution in [-0.2, 0) is 9.53 Å². The summed E-state index contributed by atoms with van der Waals surface area (Å²) in [6, 6.07) is 0.642. The zero-order valence-electron chi connectivity index (χ0n) is 7.51. The van der Waals surface area contributed by atoms with E-state index in [1.807, 2.05) is 0 Å². The van der Waals surface area contributed by atoms with Gasteiger partial charge in [-0.05, 0) is 18.3 Å². The van der Waals surface area contributed by atoms with Crippen LogP contribution in [0, 0.1) is 11.3 Å². The molecular formula is C9H16NO2+. The Bertz CT molecular complexity index is 201. The maximum Gasteiger partial charge on any atom is 0.308 e. The molecule has 2 aliphatic rings. The monoisotopic (exact) mass is 170 g/mol. The summed E-state index contributed by atoms with van der Waals surface area (Å²) in [5.74, 6) is 0.177. The van der Waals surface area contributed by atoms with E-state index in [-0.39, 0.29) is 11.9 Å². The second kappa shape index (κ2) is 2.46. The minimum absolute atomic E-state index is 0.0202. The molecule has 0 unspecified atom stereocenters. The van der Waals surface area contributed by atoms with Crippen LogP contribution >= 0.6 is 0 Å². The molecule has 0 saturated heterocycles. The normalized spacial score (nSPS) is 44.8. The van der Waals surface area contributed by atoms with Crippen molar-refractivity contribution in [2.24, 2.45) is 11.3 Å². The van der Waals surface area contributed by atoms with Crippen LogP contribution in [-0.4, -0.2) is 19.1 Å². The highest BCUT2D eigenvalue weighted by Gasteiger charge is 2.55. The van der Waals surface area contributed by atoms with Crippen molar-refractivity contribution in [3.63, 3.8) is 0 Å². The zero-order valence-corrected chi connectivity index (χ0v) is 7.51. The summed E-state index contributed by atoms with van der Waals surface area (Å²) in [6.07, 6.45) is 4.54. The highest BCUT2D eigenvalue weighted by molar-refractivity contribution is 5.73. The van der Waals surface area contributed by atoms with E-state index in [4.69, 9.17) is 0 Å². The topological polar surface area (TPSA) is 53.9 Å². The number of methoxy groups -OCH3 is 1. The number of ether oxygens (including phenoxy) is 1. The molecule has 0 amide bonds. The van der Waals surface area contributed by atoms with E-state index in [2.05, 4.69) is 10.5 Å². The molecule has 2 aliphatic carbocycles. The average Bonchev–Trinajstić information content (AvgIpc) is 1.92. The number of hydrogen-bond acceptors (Lipinski definition) is 2. The molecule has 0 heterocycles. The van der Waals surface area contributed by atoms with Gasteiger partial charge in [-0.2, -0.15) is 0 Å². The van der Waals surface area contributed by atoms with Crippen LogP contribution in [0.15, 0.2) is 0 Å². The highest BCUT2D eigenvalue weighted by Crippen LogP contribution is 2.57. The Balaban J connectivity index is 1.81. The second-order valence-electron chi connectivity index (χ2n) is 4.40. The molecule has 0 radical (unpaired) electrons. The van der Waals surface area contributed by atoms with Gasteiger partial charge >= 0.3 is 5.97 Å². The molecule has 2 rings (SSSR count). The summed E-state index contributed by atoms with van der Waals surface area (Å²) >= 11 is 0. The molecule has 68 valence electrons. The second-order valence-corrected chi connectivity index (χ2v) is 4.40. The summed E-state index contributed by atoms with van der Waals surface area (Å²) < 4.78 is 4.69. The fraction of sp³-hybridized carbons (Fsp3) is 0.889. The van der Waals surface area contributed by atoms with Gasteiger partial charge in [0, 0.05) is 12.8 Å². The van der Waals surface area contributed by atoms with E-state index in [9.17, 15) is 4.79 Å². The number of hydrogen-bond donors (Lipinski definition) is 1. The first-order chi connectivity index (χ1) is 5.65. The molecule has 0 bridgehead atoms. The van der Waals surface area contributed by atoms with Crippen molar-refractivity contribution in [3.8, 4) is 0 Å². The minimum atomic E-state index is -0.0202. The van der Waals surface area contributed by atoms with Crippen LogP contribution in [0.1, 0.15) is 25.7 Å². The molecule has 3 heteroatoms. The third-order valence-corrected chi connectivity index (χ3v) is 3.34. The first-order valence-electron chi connectivity index (χ1n) is 4.56. The minimum Gasteiger partial charge on any atom is -0.469 e. The van der Waals surface area contributed by atoms with Crippen LogP contribution in [0.3, 0.4) is 0 Å². The Morgan fingerprint density at radius 2 is 2.00 bits per heavy atom.